The number of rotatable bonds is 6. The highest BCUT2D eigenvalue weighted by atomic mass is 16.5. The minimum Gasteiger partial charge on any atom is -0.452 e. The van der Waals surface area contributed by atoms with Gasteiger partial charge in [0.15, 0.2) is 6.61 Å². The number of esters is 1. The van der Waals surface area contributed by atoms with Crippen LogP contribution in [0.4, 0.5) is 4.79 Å². The Balaban J connectivity index is 1.62. The van der Waals surface area contributed by atoms with E-state index in [1.807, 2.05) is 24.3 Å². The van der Waals surface area contributed by atoms with E-state index in [2.05, 4.69) is 22.5 Å². The maximum Gasteiger partial charge on any atom is 0.340 e. The second-order valence-corrected chi connectivity index (χ2v) is 7.97. The highest BCUT2D eigenvalue weighted by molar-refractivity contribution is 6.00. The van der Waals surface area contributed by atoms with Gasteiger partial charge in [0.2, 0.25) is 0 Å². The van der Waals surface area contributed by atoms with E-state index in [9.17, 15) is 14.4 Å². The van der Waals surface area contributed by atoms with Crippen LogP contribution in [0, 0.1) is 12.8 Å². The first kappa shape index (κ1) is 22.7. The van der Waals surface area contributed by atoms with Gasteiger partial charge in [-0.25, -0.2) is 14.6 Å². The van der Waals surface area contributed by atoms with Crippen LogP contribution in [0.25, 0.3) is 10.9 Å². The molecule has 8 heteroatoms. The molecular weight excluding hydrogens is 398 g/mol. The van der Waals surface area contributed by atoms with E-state index in [1.165, 1.54) is 7.11 Å². The fourth-order valence-electron chi connectivity index (χ4n) is 4.05. The van der Waals surface area contributed by atoms with Crippen LogP contribution in [0.15, 0.2) is 24.3 Å². The summed E-state index contributed by atoms with van der Waals surface area (Å²) in [6, 6.07) is 6.94. The number of aromatic nitrogens is 1. The van der Waals surface area contributed by atoms with Crippen molar-refractivity contribution >= 4 is 28.8 Å². The van der Waals surface area contributed by atoms with E-state index >= 15 is 0 Å². The van der Waals surface area contributed by atoms with Gasteiger partial charge in [-0.15, -0.1) is 0 Å². The summed E-state index contributed by atoms with van der Waals surface area (Å²) in [5.41, 5.74) is 2.16. The number of imide groups is 1. The van der Waals surface area contributed by atoms with Gasteiger partial charge in [0, 0.05) is 18.5 Å². The number of carbonyl (C=O) groups excluding carboxylic acids is 3. The molecular formula is C23H29N3O5. The number of carbonyl (C=O) groups is 3. The van der Waals surface area contributed by atoms with Gasteiger partial charge in [0.1, 0.15) is 0 Å². The van der Waals surface area contributed by atoms with Crippen molar-refractivity contribution in [2.75, 3.05) is 13.7 Å². The second kappa shape index (κ2) is 10.3. The Morgan fingerprint density at radius 2 is 1.90 bits per heavy atom. The lowest BCUT2D eigenvalue weighted by Gasteiger charge is -2.29. The molecule has 1 fully saturated rings. The molecule has 1 aliphatic rings. The molecule has 1 aliphatic carbocycles. The van der Waals surface area contributed by atoms with Gasteiger partial charge in [-0.2, -0.15) is 0 Å². The summed E-state index contributed by atoms with van der Waals surface area (Å²) in [4.78, 5) is 41.5. The molecule has 2 atom stereocenters. The lowest BCUT2D eigenvalue weighted by molar-refractivity contribution is -0.123. The van der Waals surface area contributed by atoms with Crippen LogP contribution in [-0.4, -0.2) is 42.7 Å². The summed E-state index contributed by atoms with van der Waals surface area (Å²) in [6.07, 6.45) is 4.17. The van der Waals surface area contributed by atoms with Crippen LogP contribution in [0.3, 0.4) is 0 Å². The number of methoxy groups -OCH3 is 1. The molecule has 3 amide bonds. The Hall–Kier alpha value is -3.00. The fourth-order valence-corrected chi connectivity index (χ4v) is 4.05. The summed E-state index contributed by atoms with van der Waals surface area (Å²) in [6.45, 7) is 3.46. The van der Waals surface area contributed by atoms with Crippen molar-refractivity contribution in [3.8, 4) is 0 Å². The van der Waals surface area contributed by atoms with Crippen molar-refractivity contribution in [3.63, 3.8) is 0 Å². The summed E-state index contributed by atoms with van der Waals surface area (Å²) < 4.78 is 10.4. The minimum atomic E-state index is -0.686. The number of benzene rings is 1. The van der Waals surface area contributed by atoms with Crippen LogP contribution in [-0.2, 0) is 20.9 Å². The van der Waals surface area contributed by atoms with Gasteiger partial charge in [-0.05, 0) is 37.3 Å². The highest BCUT2D eigenvalue weighted by Gasteiger charge is 2.24. The molecule has 8 nitrogen and oxygen atoms in total. The number of nitrogens with zero attached hydrogens (tertiary/aromatic N) is 1. The van der Waals surface area contributed by atoms with E-state index in [1.54, 1.807) is 6.92 Å². The monoisotopic (exact) mass is 427 g/mol. The van der Waals surface area contributed by atoms with Crippen LogP contribution < -0.4 is 10.6 Å². The first-order valence-electron chi connectivity index (χ1n) is 10.5. The molecule has 1 aromatic heterocycles. The summed E-state index contributed by atoms with van der Waals surface area (Å²) in [7, 11) is 1.51. The molecule has 2 N–H and O–H groups in total. The average Bonchev–Trinajstić information content (AvgIpc) is 2.74. The molecule has 1 heterocycles. The quantitative estimate of drug-likeness (QED) is 0.686. The zero-order valence-corrected chi connectivity index (χ0v) is 18.2. The molecule has 1 aromatic carbocycles. The molecule has 3 rings (SSSR count). The van der Waals surface area contributed by atoms with E-state index in [0.717, 1.165) is 36.6 Å². The lowest BCUT2D eigenvalue weighted by atomic mass is 9.86. The predicted molar refractivity (Wildman–Crippen MR) is 116 cm³/mol. The van der Waals surface area contributed by atoms with Gasteiger partial charge in [-0.1, -0.05) is 38.0 Å². The summed E-state index contributed by atoms with van der Waals surface area (Å²) in [5, 5.41) is 5.89. The standard InChI is InChI=1S/C23H29N3O5/c1-14-8-4-6-10-17(14)25-23(29)26-20(27)13-31-22(28)21-15(2)16-9-5-7-11-18(16)24-19(21)12-30-3/h5,7,9,11,14,17H,4,6,8,10,12-13H2,1-3H3,(H2,25,26,27,29). The number of hydrogen-bond acceptors (Lipinski definition) is 6. The Morgan fingerprint density at radius 3 is 2.65 bits per heavy atom. The molecule has 2 unspecified atom stereocenters. The van der Waals surface area contributed by atoms with E-state index in [0.29, 0.717) is 17.2 Å². The van der Waals surface area contributed by atoms with E-state index < -0.39 is 24.5 Å². The maximum atomic E-state index is 12.8. The third-order valence-corrected chi connectivity index (χ3v) is 5.73. The zero-order valence-electron chi connectivity index (χ0n) is 18.2. The van der Waals surface area contributed by atoms with Crippen molar-refractivity contribution in [1.29, 1.82) is 0 Å². The Morgan fingerprint density at radius 1 is 1.16 bits per heavy atom. The molecule has 0 bridgehead atoms. The number of urea groups is 1. The first-order valence-corrected chi connectivity index (χ1v) is 10.5. The summed E-state index contributed by atoms with van der Waals surface area (Å²) >= 11 is 0. The largest absolute Gasteiger partial charge is 0.452 e. The third-order valence-electron chi connectivity index (χ3n) is 5.73. The van der Waals surface area contributed by atoms with Crippen LogP contribution in [0.1, 0.15) is 54.2 Å². The molecule has 0 spiro atoms. The topological polar surface area (TPSA) is 107 Å². The zero-order chi connectivity index (χ0) is 22.4. The van der Waals surface area contributed by atoms with Crippen molar-refractivity contribution in [2.24, 2.45) is 5.92 Å². The van der Waals surface area contributed by atoms with Crippen molar-refractivity contribution in [2.45, 2.75) is 52.2 Å². The number of nitrogens with one attached hydrogen (secondary N) is 2. The van der Waals surface area contributed by atoms with Crippen LogP contribution in [0.2, 0.25) is 0 Å². The second-order valence-electron chi connectivity index (χ2n) is 7.97. The molecule has 2 aromatic rings. The van der Waals surface area contributed by atoms with E-state index in [-0.39, 0.29) is 18.2 Å². The smallest absolute Gasteiger partial charge is 0.340 e. The Kier molecular flexibility index (Phi) is 7.57. The predicted octanol–water partition coefficient (Wildman–Crippen LogP) is 3.25. The maximum absolute atomic E-state index is 12.8. The summed E-state index contributed by atoms with van der Waals surface area (Å²) in [5.74, 6) is -0.997. The van der Waals surface area contributed by atoms with Gasteiger partial charge in [-0.3, -0.25) is 10.1 Å². The van der Waals surface area contributed by atoms with Crippen molar-refractivity contribution in [1.82, 2.24) is 15.6 Å². The number of para-hydroxylation sites is 1. The number of fused-ring (bicyclic) bond motifs is 1. The first-order chi connectivity index (χ1) is 14.9. The number of aryl methyl sites for hydroxylation is 1. The fraction of sp³-hybridized carbons (Fsp3) is 0.478. The van der Waals surface area contributed by atoms with Gasteiger partial charge >= 0.3 is 12.0 Å². The van der Waals surface area contributed by atoms with E-state index in [4.69, 9.17) is 9.47 Å². The number of ether oxygens (including phenoxy) is 2. The highest BCUT2D eigenvalue weighted by Crippen LogP contribution is 2.25. The number of amides is 3. The lowest BCUT2D eigenvalue weighted by Crippen LogP contribution is -2.48. The number of pyridine rings is 1. The Bertz CT molecular complexity index is 975. The van der Waals surface area contributed by atoms with Gasteiger partial charge in [0.05, 0.1) is 23.4 Å². The van der Waals surface area contributed by atoms with Crippen LogP contribution in [0.5, 0.6) is 0 Å². The van der Waals surface area contributed by atoms with Gasteiger partial charge < -0.3 is 14.8 Å². The van der Waals surface area contributed by atoms with Crippen molar-refractivity contribution < 1.29 is 23.9 Å². The molecule has 166 valence electrons. The molecule has 0 radical (unpaired) electrons. The Labute approximate surface area is 181 Å². The molecule has 31 heavy (non-hydrogen) atoms. The SMILES string of the molecule is COCc1nc2ccccc2c(C)c1C(=O)OCC(=O)NC(=O)NC1CCCCC1C. The van der Waals surface area contributed by atoms with Crippen molar-refractivity contribution in [3.05, 3.63) is 41.1 Å². The normalized spacial score (nSPS) is 18.4. The van der Waals surface area contributed by atoms with Crippen LogP contribution >= 0.6 is 0 Å². The molecule has 1 saturated carbocycles. The van der Waals surface area contributed by atoms with Gasteiger partial charge in [0.25, 0.3) is 5.91 Å². The molecule has 0 aliphatic heterocycles. The third kappa shape index (κ3) is 5.58. The average molecular weight is 428 g/mol. The molecule has 0 saturated heterocycles. The number of hydrogen-bond donors (Lipinski definition) is 2. The minimum absolute atomic E-state index is 0.0482.